The van der Waals surface area contributed by atoms with Crippen molar-refractivity contribution in [3.63, 3.8) is 0 Å². The molecule has 0 amide bonds. The van der Waals surface area contributed by atoms with E-state index >= 15 is 0 Å². The van der Waals surface area contributed by atoms with Gasteiger partial charge in [0.25, 0.3) is 0 Å². The quantitative estimate of drug-likeness (QED) is 0.541. The summed E-state index contributed by atoms with van der Waals surface area (Å²) in [7, 11) is -3.60. The van der Waals surface area contributed by atoms with Crippen molar-refractivity contribution < 1.29 is 23.1 Å². The van der Waals surface area contributed by atoms with E-state index in [4.69, 9.17) is 5.11 Å². The SMILES string of the molecule is CS(=O)(=O)N(CC=O)CC(=O)O. The second-order valence-corrected chi connectivity index (χ2v) is 4.10. The lowest BCUT2D eigenvalue weighted by Gasteiger charge is -2.13. The van der Waals surface area contributed by atoms with Crippen LogP contribution in [0.25, 0.3) is 0 Å². The maximum Gasteiger partial charge on any atom is 0.318 e. The van der Waals surface area contributed by atoms with Crippen LogP contribution in [0.15, 0.2) is 0 Å². The molecule has 0 saturated carbocycles. The molecular formula is C5H9NO5S. The van der Waals surface area contributed by atoms with E-state index in [1.54, 1.807) is 0 Å². The van der Waals surface area contributed by atoms with Gasteiger partial charge >= 0.3 is 5.97 Å². The fraction of sp³-hybridized carbons (Fsp3) is 0.600. The Bertz CT molecular complexity index is 270. The number of carbonyl (C=O) groups is 2. The van der Waals surface area contributed by atoms with Gasteiger partial charge < -0.3 is 9.90 Å². The van der Waals surface area contributed by atoms with Gasteiger partial charge in [-0.15, -0.1) is 0 Å². The number of carboxylic acids is 1. The topological polar surface area (TPSA) is 91.8 Å². The monoisotopic (exact) mass is 195 g/mol. The molecule has 0 heterocycles. The first-order valence-electron chi connectivity index (χ1n) is 2.98. The number of rotatable bonds is 5. The van der Waals surface area contributed by atoms with Crippen LogP contribution in [0.5, 0.6) is 0 Å². The fourth-order valence-electron chi connectivity index (χ4n) is 0.551. The van der Waals surface area contributed by atoms with Gasteiger partial charge in [-0.1, -0.05) is 0 Å². The van der Waals surface area contributed by atoms with E-state index in [0.29, 0.717) is 10.6 Å². The summed E-state index contributed by atoms with van der Waals surface area (Å²) in [6.45, 7) is -1.11. The predicted octanol–water partition coefficient (Wildman–Crippen LogP) is -1.47. The molecule has 1 N–H and O–H groups in total. The molecule has 0 radical (unpaired) electrons. The Kier molecular flexibility index (Phi) is 3.84. The number of hydrogen-bond donors (Lipinski definition) is 1. The molecule has 0 atom stereocenters. The van der Waals surface area contributed by atoms with Gasteiger partial charge in [-0.25, -0.2) is 8.42 Å². The number of hydrogen-bond acceptors (Lipinski definition) is 4. The van der Waals surface area contributed by atoms with Crippen molar-refractivity contribution in [2.75, 3.05) is 19.3 Å². The average molecular weight is 195 g/mol. The third-order valence-electron chi connectivity index (χ3n) is 1.06. The summed E-state index contributed by atoms with van der Waals surface area (Å²) in [6, 6.07) is 0. The first kappa shape index (κ1) is 11.1. The summed E-state index contributed by atoms with van der Waals surface area (Å²) >= 11 is 0. The minimum Gasteiger partial charge on any atom is -0.480 e. The maximum absolute atomic E-state index is 10.8. The Hall–Kier alpha value is -0.950. The van der Waals surface area contributed by atoms with Gasteiger partial charge in [-0.05, 0) is 0 Å². The molecule has 7 heteroatoms. The Labute approximate surface area is 69.8 Å². The van der Waals surface area contributed by atoms with E-state index in [1.165, 1.54) is 0 Å². The molecule has 0 bridgehead atoms. The molecule has 6 nitrogen and oxygen atoms in total. The molecule has 70 valence electrons. The lowest BCUT2D eigenvalue weighted by Crippen LogP contribution is -2.36. The van der Waals surface area contributed by atoms with Gasteiger partial charge in [0.1, 0.15) is 12.8 Å². The minimum atomic E-state index is -3.60. The largest absolute Gasteiger partial charge is 0.480 e. The van der Waals surface area contributed by atoms with E-state index in [-0.39, 0.29) is 0 Å². The van der Waals surface area contributed by atoms with Crippen LogP contribution >= 0.6 is 0 Å². The van der Waals surface area contributed by atoms with Crippen molar-refractivity contribution in [2.45, 2.75) is 0 Å². The van der Waals surface area contributed by atoms with Gasteiger partial charge in [0.05, 0.1) is 12.8 Å². The minimum absolute atomic E-state index is 0.337. The molecule has 0 unspecified atom stereocenters. The van der Waals surface area contributed by atoms with Crippen LogP contribution in [0.4, 0.5) is 0 Å². The molecule has 0 aromatic carbocycles. The van der Waals surface area contributed by atoms with Gasteiger partial charge in [-0.2, -0.15) is 4.31 Å². The highest BCUT2D eigenvalue weighted by Crippen LogP contribution is 1.94. The van der Waals surface area contributed by atoms with Crippen LogP contribution in [0.2, 0.25) is 0 Å². The summed E-state index contributed by atoms with van der Waals surface area (Å²) < 4.78 is 22.1. The first-order valence-corrected chi connectivity index (χ1v) is 4.83. The Morgan fingerprint density at radius 2 is 2.08 bits per heavy atom. The molecule has 0 spiro atoms. The lowest BCUT2D eigenvalue weighted by molar-refractivity contribution is -0.137. The number of nitrogens with zero attached hydrogens (tertiary/aromatic N) is 1. The highest BCUT2D eigenvalue weighted by molar-refractivity contribution is 7.88. The molecule has 0 aromatic heterocycles. The molecule has 0 aliphatic carbocycles. The zero-order chi connectivity index (χ0) is 9.78. The van der Waals surface area contributed by atoms with E-state index in [0.717, 1.165) is 6.26 Å². The van der Waals surface area contributed by atoms with Gasteiger partial charge in [0.15, 0.2) is 0 Å². The zero-order valence-corrected chi connectivity index (χ0v) is 7.24. The molecule has 0 fully saturated rings. The Morgan fingerprint density at radius 3 is 2.33 bits per heavy atom. The molecule has 0 rings (SSSR count). The van der Waals surface area contributed by atoms with Crippen LogP contribution in [-0.4, -0.2) is 49.4 Å². The summed E-state index contributed by atoms with van der Waals surface area (Å²) in [5.74, 6) is -1.29. The van der Waals surface area contributed by atoms with Gasteiger partial charge in [-0.3, -0.25) is 4.79 Å². The molecule has 0 aliphatic rings. The third-order valence-corrected chi connectivity index (χ3v) is 2.28. The van der Waals surface area contributed by atoms with Crippen LogP contribution in [0.1, 0.15) is 0 Å². The normalized spacial score (nSPS) is 11.5. The second-order valence-electron chi connectivity index (χ2n) is 2.12. The molecule has 0 saturated heterocycles. The zero-order valence-electron chi connectivity index (χ0n) is 6.43. The highest BCUT2D eigenvalue weighted by Gasteiger charge is 2.18. The number of sulfonamides is 1. The highest BCUT2D eigenvalue weighted by atomic mass is 32.2. The molecule has 0 aliphatic heterocycles. The Morgan fingerprint density at radius 1 is 1.58 bits per heavy atom. The van der Waals surface area contributed by atoms with Crippen molar-refractivity contribution in [3.8, 4) is 0 Å². The van der Waals surface area contributed by atoms with Gasteiger partial charge in [0, 0.05) is 0 Å². The number of carboxylic acid groups (broad SMARTS) is 1. The van der Waals surface area contributed by atoms with Crippen molar-refractivity contribution in [1.82, 2.24) is 4.31 Å². The van der Waals surface area contributed by atoms with Crippen molar-refractivity contribution in [1.29, 1.82) is 0 Å². The van der Waals surface area contributed by atoms with Gasteiger partial charge in [0.2, 0.25) is 10.0 Å². The van der Waals surface area contributed by atoms with E-state index in [9.17, 15) is 18.0 Å². The Balaban J connectivity index is 4.44. The van der Waals surface area contributed by atoms with Crippen LogP contribution in [0.3, 0.4) is 0 Å². The average Bonchev–Trinajstić information content (AvgIpc) is 1.83. The van der Waals surface area contributed by atoms with Crippen LogP contribution < -0.4 is 0 Å². The second kappa shape index (κ2) is 4.17. The fourth-order valence-corrected chi connectivity index (χ4v) is 1.23. The van der Waals surface area contributed by atoms with E-state index in [1.807, 2.05) is 0 Å². The van der Waals surface area contributed by atoms with Crippen molar-refractivity contribution >= 4 is 22.3 Å². The summed E-state index contributed by atoms with van der Waals surface area (Å²) in [6.07, 6.45) is 1.18. The maximum atomic E-state index is 10.8. The number of aliphatic carboxylic acids is 1. The first-order chi connectivity index (χ1) is 5.38. The smallest absolute Gasteiger partial charge is 0.318 e. The molecule has 0 aromatic rings. The third kappa shape index (κ3) is 4.04. The predicted molar refractivity (Wildman–Crippen MR) is 40.1 cm³/mol. The number of carbonyl (C=O) groups excluding carboxylic acids is 1. The molecular weight excluding hydrogens is 186 g/mol. The van der Waals surface area contributed by atoms with Crippen LogP contribution in [-0.2, 0) is 19.6 Å². The standard InChI is InChI=1S/C5H9NO5S/c1-12(10,11)6(2-3-7)4-5(8)9/h3H,2,4H2,1H3,(H,8,9). The van der Waals surface area contributed by atoms with Crippen LogP contribution in [0, 0.1) is 0 Å². The van der Waals surface area contributed by atoms with E-state index < -0.39 is 29.1 Å². The van der Waals surface area contributed by atoms with Crippen molar-refractivity contribution in [3.05, 3.63) is 0 Å². The van der Waals surface area contributed by atoms with E-state index in [2.05, 4.69) is 0 Å². The lowest BCUT2D eigenvalue weighted by atomic mass is 10.6. The summed E-state index contributed by atoms with van der Waals surface area (Å²) in [4.78, 5) is 20.1. The summed E-state index contributed by atoms with van der Waals surface area (Å²) in [5, 5.41) is 8.25. The van der Waals surface area contributed by atoms with Crippen molar-refractivity contribution in [2.24, 2.45) is 0 Å². The summed E-state index contributed by atoms with van der Waals surface area (Å²) in [5.41, 5.74) is 0. The molecule has 12 heavy (non-hydrogen) atoms. The number of aldehydes is 1.